The molecule has 0 saturated heterocycles. The van der Waals surface area contributed by atoms with Gasteiger partial charge in [0, 0.05) is 11.3 Å². The summed E-state index contributed by atoms with van der Waals surface area (Å²) in [6, 6.07) is 14.4. The summed E-state index contributed by atoms with van der Waals surface area (Å²) in [5, 5.41) is 5.84. The van der Waals surface area contributed by atoms with Crippen molar-refractivity contribution < 1.29 is 14.3 Å². The van der Waals surface area contributed by atoms with Crippen molar-refractivity contribution in [1.82, 2.24) is 5.32 Å². The molecule has 1 saturated carbocycles. The van der Waals surface area contributed by atoms with Gasteiger partial charge in [-0.05, 0) is 49.6 Å². The van der Waals surface area contributed by atoms with Crippen LogP contribution in [0.2, 0.25) is 0 Å². The second kappa shape index (κ2) is 6.35. The van der Waals surface area contributed by atoms with Crippen LogP contribution in [0.15, 0.2) is 48.5 Å². The molecule has 0 unspecified atom stereocenters. The highest BCUT2D eigenvalue weighted by atomic mass is 16.5. The third kappa shape index (κ3) is 3.40. The highest BCUT2D eigenvalue weighted by molar-refractivity contribution is 5.96. The zero-order chi connectivity index (χ0) is 17.2. The molecule has 1 fully saturated rings. The minimum absolute atomic E-state index is 0.0315. The van der Waals surface area contributed by atoms with E-state index in [2.05, 4.69) is 10.6 Å². The van der Waals surface area contributed by atoms with E-state index in [1.54, 1.807) is 31.4 Å². The number of ketones is 1. The van der Waals surface area contributed by atoms with Crippen LogP contribution >= 0.6 is 0 Å². The predicted octanol–water partition coefficient (Wildman–Crippen LogP) is 3.71. The van der Waals surface area contributed by atoms with Crippen molar-refractivity contribution in [3.8, 4) is 5.75 Å². The van der Waals surface area contributed by atoms with E-state index in [9.17, 15) is 9.59 Å². The number of benzene rings is 2. The number of ether oxygens (including phenoxy) is 1. The van der Waals surface area contributed by atoms with Gasteiger partial charge in [0.15, 0.2) is 5.78 Å². The maximum absolute atomic E-state index is 12.3. The molecule has 2 aromatic rings. The van der Waals surface area contributed by atoms with Gasteiger partial charge in [0.25, 0.3) is 0 Å². The van der Waals surface area contributed by atoms with E-state index >= 15 is 0 Å². The molecule has 3 rings (SSSR count). The van der Waals surface area contributed by atoms with Crippen molar-refractivity contribution in [2.75, 3.05) is 12.4 Å². The number of methoxy groups -OCH3 is 1. The van der Waals surface area contributed by atoms with Crippen molar-refractivity contribution in [3.63, 3.8) is 0 Å². The van der Waals surface area contributed by atoms with E-state index in [0.717, 1.165) is 24.2 Å². The van der Waals surface area contributed by atoms with Crippen molar-refractivity contribution in [3.05, 3.63) is 59.7 Å². The highest BCUT2D eigenvalue weighted by Gasteiger charge is 2.45. The van der Waals surface area contributed by atoms with Gasteiger partial charge in [-0.2, -0.15) is 0 Å². The first-order chi connectivity index (χ1) is 11.5. The first-order valence-electron chi connectivity index (χ1n) is 7.87. The summed E-state index contributed by atoms with van der Waals surface area (Å²) in [5.41, 5.74) is 1.93. The van der Waals surface area contributed by atoms with Gasteiger partial charge in [-0.15, -0.1) is 0 Å². The van der Waals surface area contributed by atoms with Gasteiger partial charge in [0.05, 0.1) is 12.6 Å². The summed E-state index contributed by atoms with van der Waals surface area (Å²) in [7, 11) is 1.63. The summed E-state index contributed by atoms with van der Waals surface area (Å²) in [6.45, 7) is 1.50. The number of carbonyl (C=O) groups is 2. The number of rotatable bonds is 5. The SMILES string of the molecule is COc1ccc(C2(NC(=O)Nc3cccc(C(C)=O)c3)CC2)cc1. The Morgan fingerprint density at radius 1 is 1.08 bits per heavy atom. The second-order valence-electron chi connectivity index (χ2n) is 6.03. The smallest absolute Gasteiger partial charge is 0.319 e. The molecule has 0 bridgehead atoms. The third-order valence-electron chi connectivity index (χ3n) is 4.27. The molecule has 1 aliphatic rings. The van der Waals surface area contributed by atoms with Gasteiger partial charge in [-0.3, -0.25) is 4.79 Å². The van der Waals surface area contributed by atoms with Crippen LogP contribution in [0.5, 0.6) is 5.75 Å². The number of nitrogens with one attached hydrogen (secondary N) is 2. The Hall–Kier alpha value is -2.82. The average molecular weight is 324 g/mol. The Balaban J connectivity index is 1.68. The van der Waals surface area contributed by atoms with Gasteiger partial charge in [-0.1, -0.05) is 24.3 Å². The lowest BCUT2D eigenvalue weighted by atomic mass is 10.1. The maximum Gasteiger partial charge on any atom is 0.319 e. The van der Waals surface area contributed by atoms with Crippen LogP contribution < -0.4 is 15.4 Å². The lowest BCUT2D eigenvalue weighted by Crippen LogP contribution is -2.38. The molecule has 0 heterocycles. The number of carbonyl (C=O) groups excluding carboxylic acids is 2. The highest BCUT2D eigenvalue weighted by Crippen LogP contribution is 2.45. The van der Waals surface area contributed by atoms with E-state index < -0.39 is 0 Å². The van der Waals surface area contributed by atoms with Crippen LogP contribution in [0.3, 0.4) is 0 Å². The Morgan fingerprint density at radius 3 is 2.38 bits per heavy atom. The Morgan fingerprint density at radius 2 is 1.79 bits per heavy atom. The molecule has 0 aliphatic heterocycles. The topological polar surface area (TPSA) is 67.4 Å². The van der Waals surface area contributed by atoms with E-state index in [1.807, 2.05) is 24.3 Å². The monoisotopic (exact) mass is 324 g/mol. The first-order valence-corrected chi connectivity index (χ1v) is 7.87. The summed E-state index contributed by atoms with van der Waals surface area (Å²) in [5.74, 6) is 0.760. The molecule has 24 heavy (non-hydrogen) atoms. The molecule has 124 valence electrons. The fraction of sp³-hybridized carbons (Fsp3) is 0.263. The normalized spacial score (nSPS) is 14.6. The standard InChI is InChI=1S/C19H20N2O3/c1-13(22)14-4-3-5-16(12-14)20-18(23)21-19(10-11-19)15-6-8-17(24-2)9-7-15/h3-9,12H,10-11H2,1-2H3,(H2,20,21,23). The quantitative estimate of drug-likeness (QED) is 0.824. The maximum atomic E-state index is 12.3. The van der Waals surface area contributed by atoms with Crippen LogP contribution in [0.25, 0.3) is 0 Å². The molecule has 1 aliphatic carbocycles. The molecule has 2 amide bonds. The van der Waals surface area contributed by atoms with Crippen molar-refractivity contribution in [2.24, 2.45) is 0 Å². The fourth-order valence-corrected chi connectivity index (χ4v) is 2.72. The molecule has 2 N–H and O–H groups in total. The van der Waals surface area contributed by atoms with E-state index in [1.165, 1.54) is 6.92 Å². The Labute approximate surface area is 141 Å². The number of hydrogen-bond acceptors (Lipinski definition) is 3. The van der Waals surface area contributed by atoms with Gasteiger partial charge in [0.1, 0.15) is 5.75 Å². The molecule has 0 aromatic heterocycles. The average Bonchev–Trinajstić information content (AvgIpc) is 3.35. The van der Waals surface area contributed by atoms with Crippen LogP contribution in [-0.2, 0) is 5.54 Å². The van der Waals surface area contributed by atoms with Gasteiger partial charge in [0.2, 0.25) is 0 Å². The zero-order valence-electron chi connectivity index (χ0n) is 13.8. The second-order valence-corrected chi connectivity index (χ2v) is 6.03. The summed E-state index contributed by atoms with van der Waals surface area (Å²) in [6.07, 6.45) is 1.81. The summed E-state index contributed by atoms with van der Waals surface area (Å²) in [4.78, 5) is 23.7. The number of Topliss-reactive ketones (excluding diaryl/α,β-unsaturated/α-hetero) is 1. The zero-order valence-corrected chi connectivity index (χ0v) is 13.8. The number of amides is 2. The number of anilines is 1. The van der Waals surface area contributed by atoms with Crippen molar-refractivity contribution in [2.45, 2.75) is 25.3 Å². The molecular weight excluding hydrogens is 304 g/mol. The predicted molar refractivity (Wildman–Crippen MR) is 92.5 cm³/mol. The third-order valence-corrected chi connectivity index (χ3v) is 4.27. The van der Waals surface area contributed by atoms with E-state index in [0.29, 0.717) is 11.3 Å². The van der Waals surface area contributed by atoms with Crippen LogP contribution in [-0.4, -0.2) is 18.9 Å². The van der Waals surface area contributed by atoms with Crippen molar-refractivity contribution in [1.29, 1.82) is 0 Å². The van der Waals surface area contributed by atoms with E-state index in [4.69, 9.17) is 4.74 Å². The van der Waals surface area contributed by atoms with Gasteiger partial charge < -0.3 is 15.4 Å². The molecule has 5 heteroatoms. The van der Waals surface area contributed by atoms with Crippen LogP contribution in [0.4, 0.5) is 10.5 Å². The molecular formula is C19H20N2O3. The van der Waals surface area contributed by atoms with Crippen LogP contribution in [0, 0.1) is 0 Å². The largest absolute Gasteiger partial charge is 0.497 e. The molecule has 0 radical (unpaired) electrons. The fourth-order valence-electron chi connectivity index (χ4n) is 2.72. The molecule has 5 nitrogen and oxygen atoms in total. The Bertz CT molecular complexity index is 764. The van der Waals surface area contributed by atoms with Gasteiger partial charge >= 0.3 is 6.03 Å². The Kier molecular flexibility index (Phi) is 4.25. The van der Waals surface area contributed by atoms with Crippen LogP contribution in [0.1, 0.15) is 35.7 Å². The minimum Gasteiger partial charge on any atom is -0.497 e. The molecule has 0 atom stereocenters. The molecule has 2 aromatic carbocycles. The van der Waals surface area contributed by atoms with Gasteiger partial charge in [-0.25, -0.2) is 4.79 Å². The number of hydrogen-bond donors (Lipinski definition) is 2. The van der Waals surface area contributed by atoms with E-state index in [-0.39, 0.29) is 17.4 Å². The molecule has 0 spiro atoms. The lowest BCUT2D eigenvalue weighted by molar-refractivity contribution is 0.101. The van der Waals surface area contributed by atoms with Crippen molar-refractivity contribution >= 4 is 17.5 Å². The first kappa shape index (κ1) is 16.1. The summed E-state index contributed by atoms with van der Waals surface area (Å²) < 4.78 is 5.17. The number of urea groups is 1. The summed E-state index contributed by atoms with van der Waals surface area (Å²) >= 11 is 0. The lowest BCUT2D eigenvalue weighted by Gasteiger charge is -2.19. The minimum atomic E-state index is -0.311.